The lowest BCUT2D eigenvalue weighted by atomic mass is 9.82. The maximum Gasteiger partial charge on any atom is 0.275 e. The van der Waals surface area contributed by atoms with Gasteiger partial charge in [-0.1, -0.05) is 30.3 Å². The van der Waals surface area contributed by atoms with Crippen molar-refractivity contribution in [3.63, 3.8) is 0 Å². The van der Waals surface area contributed by atoms with Crippen molar-refractivity contribution in [1.29, 1.82) is 0 Å². The summed E-state index contributed by atoms with van der Waals surface area (Å²) in [7, 11) is 1.59. The summed E-state index contributed by atoms with van der Waals surface area (Å²) in [6.07, 6.45) is 9.51. The molecular weight excluding hydrogens is 476 g/mol. The summed E-state index contributed by atoms with van der Waals surface area (Å²) < 4.78 is 5.42. The van der Waals surface area contributed by atoms with Crippen LogP contribution in [-0.2, 0) is 0 Å². The summed E-state index contributed by atoms with van der Waals surface area (Å²) in [6, 6.07) is 24.5. The fraction of sp³-hybridized carbons (Fsp3) is 0.133. The number of aromatic nitrogens is 5. The van der Waals surface area contributed by atoms with Gasteiger partial charge in [0.05, 0.1) is 18.5 Å². The average Bonchev–Trinajstić information content (AvgIpc) is 2.99. The first-order chi connectivity index (χ1) is 18.7. The molecule has 0 saturated carbocycles. The fourth-order valence-electron chi connectivity index (χ4n) is 4.39. The largest absolute Gasteiger partial charge is 0.481 e. The van der Waals surface area contributed by atoms with Gasteiger partial charge in [0.25, 0.3) is 5.91 Å². The third-order valence-corrected chi connectivity index (χ3v) is 6.22. The van der Waals surface area contributed by atoms with Crippen molar-refractivity contribution in [2.24, 2.45) is 0 Å². The summed E-state index contributed by atoms with van der Waals surface area (Å²) in [5, 5.41) is 2.81. The molecule has 1 unspecified atom stereocenters. The van der Waals surface area contributed by atoms with Crippen LogP contribution >= 0.6 is 0 Å². The van der Waals surface area contributed by atoms with E-state index in [1.54, 1.807) is 43.9 Å². The highest BCUT2D eigenvalue weighted by Gasteiger charge is 2.26. The Kier molecular flexibility index (Phi) is 7.69. The van der Waals surface area contributed by atoms with Crippen LogP contribution in [0.15, 0.2) is 110 Å². The first kappa shape index (κ1) is 24.7. The Balaban J connectivity index is 1.55. The summed E-state index contributed by atoms with van der Waals surface area (Å²) in [5.41, 5.74) is 3.91. The minimum Gasteiger partial charge on any atom is -0.481 e. The standard InChI is InChI=1S/C30H26N6O2/c1-38-29-14-5-11-26(35-29)24(18-23(21-8-6-15-31-19-21)22-9-7-16-32-20-22)25-10-4-12-27(34-25)30(37)36-28-13-2-3-17-33-28/h2-17,19-20,23-24H,18H2,1H3,(H,33,36,37). The third-order valence-electron chi connectivity index (χ3n) is 6.22. The molecule has 5 aromatic heterocycles. The van der Waals surface area contributed by atoms with E-state index < -0.39 is 0 Å². The molecule has 8 nitrogen and oxygen atoms in total. The molecule has 0 aliphatic carbocycles. The van der Waals surface area contributed by atoms with Gasteiger partial charge in [-0.25, -0.2) is 15.0 Å². The predicted octanol–water partition coefficient (Wildman–Crippen LogP) is 5.28. The highest BCUT2D eigenvalue weighted by Crippen LogP contribution is 2.37. The van der Waals surface area contributed by atoms with Gasteiger partial charge in [-0.15, -0.1) is 0 Å². The van der Waals surface area contributed by atoms with Gasteiger partial charge in [0.2, 0.25) is 5.88 Å². The van der Waals surface area contributed by atoms with Crippen molar-refractivity contribution < 1.29 is 9.53 Å². The quantitative estimate of drug-likeness (QED) is 0.293. The molecule has 0 spiro atoms. The Morgan fingerprint density at radius 3 is 2.11 bits per heavy atom. The van der Waals surface area contributed by atoms with Gasteiger partial charge >= 0.3 is 0 Å². The molecule has 38 heavy (non-hydrogen) atoms. The molecular formula is C30H26N6O2. The zero-order chi connectivity index (χ0) is 26.2. The van der Waals surface area contributed by atoms with Gasteiger partial charge in [-0.3, -0.25) is 14.8 Å². The molecule has 0 bridgehead atoms. The third kappa shape index (κ3) is 5.87. The molecule has 0 fully saturated rings. The molecule has 1 atom stereocenters. The van der Waals surface area contributed by atoms with E-state index in [9.17, 15) is 4.79 Å². The summed E-state index contributed by atoms with van der Waals surface area (Å²) in [4.78, 5) is 35.5. The van der Waals surface area contributed by atoms with Crippen LogP contribution in [0.1, 0.15) is 51.3 Å². The fourth-order valence-corrected chi connectivity index (χ4v) is 4.39. The SMILES string of the molecule is COc1cccc(C(CC(c2cccnc2)c2cccnc2)c2cccc(C(=O)Nc3ccccn3)n2)n1. The van der Waals surface area contributed by atoms with Gasteiger partial charge in [-0.2, -0.15) is 0 Å². The van der Waals surface area contributed by atoms with Crippen molar-refractivity contribution in [1.82, 2.24) is 24.9 Å². The van der Waals surface area contributed by atoms with E-state index in [4.69, 9.17) is 14.7 Å². The van der Waals surface area contributed by atoms with Crippen molar-refractivity contribution in [3.05, 3.63) is 138 Å². The molecule has 1 amide bonds. The van der Waals surface area contributed by atoms with Crippen LogP contribution in [0.25, 0.3) is 0 Å². The maximum atomic E-state index is 13.0. The second-order valence-corrected chi connectivity index (χ2v) is 8.64. The number of amides is 1. The monoisotopic (exact) mass is 502 g/mol. The molecule has 5 aromatic rings. The molecule has 0 radical (unpaired) electrons. The number of nitrogens with one attached hydrogen (secondary N) is 1. The van der Waals surface area contributed by atoms with Crippen molar-refractivity contribution in [2.45, 2.75) is 18.3 Å². The van der Waals surface area contributed by atoms with Crippen LogP contribution in [0.3, 0.4) is 0 Å². The zero-order valence-electron chi connectivity index (χ0n) is 20.8. The Morgan fingerprint density at radius 2 is 1.47 bits per heavy atom. The Morgan fingerprint density at radius 1 is 0.763 bits per heavy atom. The Labute approximate surface area is 220 Å². The van der Waals surface area contributed by atoms with Gasteiger partial charge < -0.3 is 10.1 Å². The van der Waals surface area contributed by atoms with Crippen LogP contribution in [0.2, 0.25) is 0 Å². The predicted molar refractivity (Wildman–Crippen MR) is 144 cm³/mol. The normalized spacial score (nSPS) is 11.6. The van der Waals surface area contributed by atoms with Gasteiger partial charge in [0, 0.05) is 48.9 Å². The van der Waals surface area contributed by atoms with Gasteiger partial charge in [-0.05, 0) is 60.0 Å². The molecule has 0 aromatic carbocycles. The molecule has 188 valence electrons. The van der Waals surface area contributed by atoms with E-state index in [0.717, 1.165) is 22.5 Å². The van der Waals surface area contributed by atoms with E-state index in [-0.39, 0.29) is 17.7 Å². The number of nitrogens with zero attached hydrogens (tertiary/aromatic N) is 5. The molecule has 5 rings (SSSR count). The first-order valence-electron chi connectivity index (χ1n) is 12.2. The molecule has 1 N–H and O–H groups in total. The van der Waals surface area contributed by atoms with Crippen LogP contribution in [0.5, 0.6) is 5.88 Å². The number of hydrogen-bond donors (Lipinski definition) is 1. The molecule has 8 heteroatoms. The minimum atomic E-state index is -0.334. The number of hydrogen-bond acceptors (Lipinski definition) is 7. The van der Waals surface area contributed by atoms with E-state index in [1.807, 2.05) is 60.9 Å². The Hall–Kier alpha value is -4.98. The lowest BCUT2D eigenvalue weighted by Crippen LogP contribution is -2.17. The zero-order valence-corrected chi connectivity index (χ0v) is 20.8. The number of ether oxygens (including phenoxy) is 1. The summed E-state index contributed by atoms with van der Waals surface area (Å²) >= 11 is 0. The van der Waals surface area contributed by atoms with E-state index in [1.165, 1.54) is 0 Å². The van der Waals surface area contributed by atoms with Gasteiger partial charge in [0.1, 0.15) is 11.5 Å². The highest BCUT2D eigenvalue weighted by molar-refractivity contribution is 6.02. The number of methoxy groups -OCH3 is 1. The van der Waals surface area contributed by atoms with E-state index in [2.05, 4.69) is 32.4 Å². The second-order valence-electron chi connectivity index (χ2n) is 8.64. The van der Waals surface area contributed by atoms with Crippen LogP contribution < -0.4 is 10.1 Å². The maximum absolute atomic E-state index is 13.0. The van der Waals surface area contributed by atoms with Crippen molar-refractivity contribution >= 4 is 11.7 Å². The van der Waals surface area contributed by atoms with E-state index >= 15 is 0 Å². The molecule has 0 aliphatic heterocycles. The van der Waals surface area contributed by atoms with Crippen molar-refractivity contribution in [2.75, 3.05) is 12.4 Å². The Bertz CT molecular complexity index is 1440. The summed E-state index contributed by atoms with van der Waals surface area (Å²) in [6.45, 7) is 0. The number of carbonyl (C=O) groups excluding carboxylic acids is 1. The number of carbonyl (C=O) groups is 1. The first-order valence-corrected chi connectivity index (χ1v) is 12.2. The molecule has 0 saturated heterocycles. The van der Waals surface area contributed by atoms with E-state index in [0.29, 0.717) is 23.8 Å². The van der Waals surface area contributed by atoms with Crippen LogP contribution in [-0.4, -0.2) is 37.9 Å². The summed E-state index contributed by atoms with van der Waals surface area (Å²) in [5.74, 6) is 0.347. The van der Waals surface area contributed by atoms with Crippen molar-refractivity contribution in [3.8, 4) is 5.88 Å². The topological polar surface area (TPSA) is 103 Å². The number of rotatable bonds is 9. The highest BCUT2D eigenvalue weighted by atomic mass is 16.5. The second kappa shape index (κ2) is 11.8. The van der Waals surface area contributed by atoms with Gasteiger partial charge in [0.15, 0.2) is 0 Å². The van der Waals surface area contributed by atoms with Crippen LogP contribution in [0, 0.1) is 0 Å². The number of pyridine rings is 5. The lowest BCUT2D eigenvalue weighted by molar-refractivity contribution is 0.102. The smallest absolute Gasteiger partial charge is 0.275 e. The molecule has 0 aliphatic rings. The average molecular weight is 503 g/mol. The van der Waals surface area contributed by atoms with Crippen LogP contribution in [0.4, 0.5) is 5.82 Å². The lowest BCUT2D eigenvalue weighted by Gasteiger charge is -2.24. The minimum absolute atomic E-state index is 0.0387. The molecule has 5 heterocycles. The number of anilines is 1.